The Hall–Kier alpha value is 0.400. The van der Waals surface area contributed by atoms with Crippen LogP contribution in [-0.4, -0.2) is 0 Å². The first-order valence-electron chi connectivity index (χ1n) is 3.85. The van der Waals surface area contributed by atoms with Crippen molar-refractivity contribution in [3.63, 3.8) is 0 Å². The lowest BCUT2D eigenvalue weighted by atomic mass is 10.3. The Morgan fingerprint density at radius 2 is 2.33 bits per heavy atom. The fraction of sp³-hybridized carbons (Fsp3) is 0.333. The molecule has 1 aromatic heterocycles. The van der Waals surface area contributed by atoms with E-state index in [9.17, 15) is 0 Å². The summed E-state index contributed by atoms with van der Waals surface area (Å²) in [5.74, 6) is 0. The zero-order valence-electron chi connectivity index (χ0n) is 6.81. The summed E-state index contributed by atoms with van der Waals surface area (Å²) in [6.45, 7) is 2.18. The summed E-state index contributed by atoms with van der Waals surface area (Å²) in [6, 6.07) is 4.19. The first-order chi connectivity index (χ1) is 5.74. The SMILES string of the molecule is CCC/C=C(\Br)c1ccc(Br)s1. The Kier molecular flexibility index (Phi) is 4.54. The van der Waals surface area contributed by atoms with Gasteiger partial charge in [0.2, 0.25) is 0 Å². The topological polar surface area (TPSA) is 0 Å². The average molecular weight is 310 g/mol. The predicted molar refractivity (Wildman–Crippen MR) is 63.8 cm³/mol. The van der Waals surface area contributed by atoms with Gasteiger partial charge < -0.3 is 0 Å². The Morgan fingerprint density at radius 3 is 2.83 bits per heavy atom. The van der Waals surface area contributed by atoms with E-state index < -0.39 is 0 Å². The minimum absolute atomic E-state index is 1.14. The molecule has 0 nitrogen and oxygen atoms in total. The summed E-state index contributed by atoms with van der Waals surface area (Å²) in [5.41, 5.74) is 0. The summed E-state index contributed by atoms with van der Waals surface area (Å²) >= 11 is 8.74. The molecule has 0 fully saturated rings. The minimum Gasteiger partial charge on any atom is -0.128 e. The van der Waals surface area contributed by atoms with Crippen molar-refractivity contribution in [1.82, 2.24) is 0 Å². The van der Waals surface area contributed by atoms with E-state index in [-0.39, 0.29) is 0 Å². The molecule has 0 aliphatic rings. The minimum atomic E-state index is 1.14. The molecule has 12 heavy (non-hydrogen) atoms. The van der Waals surface area contributed by atoms with Crippen molar-refractivity contribution in [3.05, 3.63) is 26.9 Å². The van der Waals surface area contributed by atoms with Crippen LogP contribution in [0.15, 0.2) is 22.0 Å². The molecule has 0 saturated carbocycles. The molecular formula is C9H10Br2S. The van der Waals surface area contributed by atoms with Gasteiger partial charge in [0.1, 0.15) is 0 Å². The van der Waals surface area contributed by atoms with E-state index in [4.69, 9.17) is 0 Å². The molecule has 0 spiro atoms. The number of hydrogen-bond donors (Lipinski definition) is 0. The van der Waals surface area contributed by atoms with E-state index >= 15 is 0 Å². The van der Waals surface area contributed by atoms with Crippen LogP contribution in [0.4, 0.5) is 0 Å². The molecule has 66 valence electrons. The Balaban J connectivity index is 2.70. The normalized spacial score (nSPS) is 12.1. The van der Waals surface area contributed by atoms with E-state index in [2.05, 4.69) is 57.0 Å². The lowest BCUT2D eigenvalue weighted by molar-refractivity contribution is 0.962. The number of allylic oxidation sites excluding steroid dienone is 1. The number of thiophene rings is 1. The van der Waals surface area contributed by atoms with Crippen LogP contribution in [0.25, 0.3) is 4.48 Å². The van der Waals surface area contributed by atoms with E-state index in [0.29, 0.717) is 0 Å². The molecule has 0 unspecified atom stereocenters. The Morgan fingerprint density at radius 1 is 1.58 bits per heavy atom. The van der Waals surface area contributed by atoms with Crippen molar-refractivity contribution in [2.24, 2.45) is 0 Å². The van der Waals surface area contributed by atoms with Crippen molar-refractivity contribution < 1.29 is 0 Å². The molecule has 0 bridgehead atoms. The summed E-state index contributed by atoms with van der Waals surface area (Å²) in [7, 11) is 0. The highest BCUT2D eigenvalue weighted by Crippen LogP contribution is 2.31. The summed E-state index contributed by atoms with van der Waals surface area (Å²) < 4.78 is 2.39. The van der Waals surface area contributed by atoms with Gasteiger partial charge in [-0.15, -0.1) is 11.3 Å². The highest BCUT2D eigenvalue weighted by atomic mass is 79.9. The maximum atomic E-state index is 3.55. The highest BCUT2D eigenvalue weighted by molar-refractivity contribution is 9.15. The van der Waals surface area contributed by atoms with Crippen LogP contribution >= 0.6 is 43.2 Å². The van der Waals surface area contributed by atoms with Crippen LogP contribution < -0.4 is 0 Å². The van der Waals surface area contributed by atoms with Gasteiger partial charge in [-0.05, 0) is 50.4 Å². The van der Waals surface area contributed by atoms with Crippen LogP contribution in [-0.2, 0) is 0 Å². The van der Waals surface area contributed by atoms with Gasteiger partial charge in [0.05, 0.1) is 3.79 Å². The lowest BCUT2D eigenvalue weighted by Crippen LogP contribution is -1.67. The Bertz CT molecular complexity index is 276. The van der Waals surface area contributed by atoms with Gasteiger partial charge in [-0.1, -0.05) is 19.4 Å². The van der Waals surface area contributed by atoms with Gasteiger partial charge in [-0.3, -0.25) is 0 Å². The van der Waals surface area contributed by atoms with Gasteiger partial charge in [-0.2, -0.15) is 0 Å². The summed E-state index contributed by atoms with van der Waals surface area (Å²) in [4.78, 5) is 1.29. The van der Waals surface area contributed by atoms with Crippen molar-refractivity contribution >= 4 is 47.7 Å². The molecule has 0 aromatic carbocycles. The molecule has 3 heteroatoms. The standard InChI is InChI=1S/C9H10Br2S/c1-2-3-4-7(10)8-5-6-9(11)12-8/h4-6H,2-3H2,1H3/b7-4-. The Labute approximate surface area is 93.9 Å². The zero-order valence-corrected chi connectivity index (χ0v) is 10.8. The van der Waals surface area contributed by atoms with E-state index in [1.165, 1.54) is 19.6 Å². The van der Waals surface area contributed by atoms with E-state index in [1.807, 2.05) is 0 Å². The molecular weight excluding hydrogens is 300 g/mol. The van der Waals surface area contributed by atoms with Crippen LogP contribution in [0.3, 0.4) is 0 Å². The van der Waals surface area contributed by atoms with Gasteiger partial charge >= 0.3 is 0 Å². The first kappa shape index (κ1) is 10.5. The molecule has 0 N–H and O–H groups in total. The number of halogens is 2. The third-order valence-corrected chi connectivity index (χ3v) is 4.09. The largest absolute Gasteiger partial charge is 0.128 e. The van der Waals surface area contributed by atoms with Crippen LogP contribution in [0, 0.1) is 0 Å². The van der Waals surface area contributed by atoms with Crippen molar-refractivity contribution in [1.29, 1.82) is 0 Å². The third-order valence-electron chi connectivity index (χ3n) is 1.42. The summed E-state index contributed by atoms with van der Waals surface area (Å²) in [5, 5.41) is 0. The summed E-state index contributed by atoms with van der Waals surface area (Å²) in [6.07, 6.45) is 4.55. The van der Waals surface area contributed by atoms with Crippen molar-refractivity contribution in [3.8, 4) is 0 Å². The number of hydrogen-bond acceptors (Lipinski definition) is 1. The monoisotopic (exact) mass is 308 g/mol. The number of rotatable bonds is 3. The van der Waals surface area contributed by atoms with Crippen LogP contribution in [0.1, 0.15) is 24.6 Å². The van der Waals surface area contributed by atoms with Crippen molar-refractivity contribution in [2.75, 3.05) is 0 Å². The van der Waals surface area contributed by atoms with Gasteiger partial charge in [0.25, 0.3) is 0 Å². The van der Waals surface area contributed by atoms with Gasteiger partial charge in [0, 0.05) is 9.36 Å². The molecule has 1 rings (SSSR count). The van der Waals surface area contributed by atoms with E-state index in [0.717, 1.165) is 6.42 Å². The number of unbranched alkanes of at least 4 members (excludes halogenated alkanes) is 1. The molecule has 0 saturated heterocycles. The predicted octanol–water partition coefficient (Wildman–Crippen LogP) is 5.05. The molecule has 1 aromatic rings. The highest BCUT2D eigenvalue weighted by Gasteiger charge is 1.99. The second kappa shape index (κ2) is 5.20. The molecule has 1 heterocycles. The average Bonchev–Trinajstić information content (AvgIpc) is 2.47. The van der Waals surface area contributed by atoms with Gasteiger partial charge in [0.15, 0.2) is 0 Å². The van der Waals surface area contributed by atoms with Crippen LogP contribution in [0.2, 0.25) is 0 Å². The lowest BCUT2D eigenvalue weighted by Gasteiger charge is -1.92. The van der Waals surface area contributed by atoms with Crippen molar-refractivity contribution in [2.45, 2.75) is 19.8 Å². The molecule has 0 atom stereocenters. The molecule has 0 amide bonds. The molecule has 0 aliphatic heterocycles. The second-order valence-corrected chi connectivity index (χ2v) is 5.76. The fourth-order valence-corrected chi connectivity index (χ4v) is 2.74. The fourth-order valence-electron chi connectivity index (χ4n) is 0.814. The third kappa shape index (κ3) is 3.04. The first-order valence-corrected chi connectivity index (χ1v) is 6.25. The van der Waals surface area contributed by atoms with Crippen LogP contribution in [0.5, 0.6) is 0 Å². The molecule has 0 radical (unpaired) electrons. The maximum absolute atomic E-state index is 3.55. The smallest absolute Gasteiger partial charge is 0.0705 e. The van der Waals surface area contributed by atoms with E-state index in [1.54, 1.807) is 11.3 Å². The second-order valence-electron chi connectivity index (χ2n) is 2.44. The zero-order chi connectivity index (χ0) is 8.97. The maximum Gasteiger partial charge on any atom is 0.0705 e. The van der Waals surface area contributed by atoms with Gasteiger partial charge in [-0.25, -0.2) is 0 Å². The quantitative estimate of drug-likeness (QED) is 0.733. The molecule has 0 aliphatic carbocycles.